The maximum atomic E-state index is 9.77. The summed E-state index contributed by atoms with van der Waals surface area (Å²) in [4.78, 5) is 0. The second-order valence-corrected chi connectivity index (χ2v) is 3.91. The van der Waals surface area contributed by atoms with Crippen LogP contribution in [0.25, 0.3) is 0 Å². The lowest BCUT2D eigenvalue weighted by Crippen LogP contribution is -1.91. The zero-order valence-corrected chi connectivity index (χ0v) is 9.75. The van der Waals surface area contributed by atoms with E-state index < -0.39 is 6.23 Å². The van der Waals surface area contributed by atoms with E-state index in [-0.39, 0.29) is 0 Å². The smallest absolute Gasteiger partial charge is 0.192 e. The van der Waals surface area contributed by atoms with Gasteiger partial charge in [-0.2, -0.15) is 10.2 Å². The molecule has 0 saturated carbocycles. The molecule has 17 heavy (non-hydrogen) atoms. The molecule has 0 saturated heterocycles. The van der Waals surface area contributed by atoms with E-state index in [0.29, 0.717) is 16.3 Å². The first-order valence-electron chi connectivity index (χ1n) is 5.15. The van der Waals surface area contributed by atoms with E-state index in [1.54, 1.807) is 24.3 Å². The van der Waals surface area contributed by atoms with Crippen molar-refractivity contribution in [1.82, 2.24) is 0 Å². The monoisotopic (exact) mass is 246 g/mol. The van der Waals surface area contributed by atoms with Crippen molar-refractivity contribution in [3.05, 3.63) is 65.2 Å². The molecule has 1 unspecified atom stereocenters. The number of aliphatic hydroxyl groups excluding tert-OH is 1. The predicted octanol–water partition coefficient (Wildman–Crippen LogP) is 4.11. The van der Waals surface area contributed by atoms with Crippen LogP contribution >= 0.6 is 11.6 Å². The molecule has 2 aromatic carbocycles. The highest BCUT2D eigenvalue weighted by Gasteiger charge is 2.04. The molecule has 0 aliphatic heterocycles. The molecule has 4 heteroatoms. The molecule has 3 nitrogen and oxygen atoms in total. The first-order chi connectivity index (χ1) is 8.25. The van der Waals surface area contributed by atoms with Crippen LogP contribution < -0.4 is 0 Å². The third kappa shape index (κ3) is 3.37. The molecular formula is C13H11ClN2O. The fourth-order valence-electron chi connectivity index (χ4n) is 1.32. The normalized spacial score (nSPS) is 12.8. The number of aliphatic hydroxyl groups is 1. The molecule has 0 bridgehead atoms. The van der Waals surface area contributed by atoms with Crippen LogP contribution in [-0.4, -0.2) is 5.11 Å². The first-order valence-corrected chi connectivity index (χ1v) is 5.53. The Morgan fingerprint density at radius 1 is 0.941 bits per heavy atom. The van der Waals surface area contributed by atoms with Crippen molar-refractivity contribution in [3.8, 4) is 0 Å². The van der Waals surface area contributed by atoms with Crippen molar-refractivity contribution in [3.63, 3.8) is 0 Å². The number of hydrogen-bond donors (Lipinski definition) is 1. The lowest BCUT2D eigenvalue weighted by molar-refractivity contribution is 0.180. The SMILES string of the molecule is OC(N=Nc1ccccc1)c1ccc(Cl)cc1. The maximum absolute atomic E-state index is 9.77. The Labute approximate surface area is 104 Å². The van der Waals surface area contributed by atoms with Gasteiger partial charge in [-0.1, -0.05) is 41.9 Å². The Kier molecular flexibility index (Phi) is 3.85. The van der Waals surface area contributed by atoms with E-state index in [9.17, 15) is 5.11 Å². The van der Waals surface area contributed by atoms with Gasteiger partial charge in [-0.25, -0.2) is 0 Å². The lowest BCUT2D eigenvalue weighted by atomic mass is 10.2. The van der Waals surface area contributed by atoms with E-state index in [1.165, 1.54) is 0 Å². The number of hydrogen-bond acceptors (Lipinski definition) is 3. The third-order valence-corrected chi connectivity index (χ3v) is 2.46. The number of azo groups is 1. The largest absolute Gasteiger partial charge is 0.366 e. The van der Waals surface area contributed by atoms with Gasteiger partial charge in [-0.3, -0.25) is 0 Å². The molecule has 86 valence electrons. The van der Waals surface area contributed by atoms with Gasteiger partial charge in [0.1, 0.15) is 0 Å². The standard InChI is InChI=1S/C13H11ClN2O/c14-11-8-6-10(7-9-11)13(17)16-15-12-4-2-1-3-5-12/h1-9,13,17H. The Bertz CT molecular complexity index is 497. The Hall–Kier alpha value is -1.71. The minimum atomic E-state index is -0.965. The number of benzene rings is 2. The van der Waals surface area contributed by atoms with Gasteiger partial charge in [0.15, 0.2) is 6.23 Å². The van der Waals surface area contributed by atoms with Gasteiger partial charge in [0.2, 0.25) is 0 Å². The minimum Gasteiger partial charge on any atom is -0.366 e. The van der Waals surface area contributed by atoms with Gasteiger partial charge in [0, 0.05) is 10.6 Å². The van der Waals surface area contributed by atoms with Crippen molar-refractivity contribution in [2.24, 2.45) is 10.2 Å². The number of halogens is 1. The summed E-state index contributed by atoms with van der Waals surface area (Å²) in [5.74, 6) is 0. The molecule has 0 spiro atoms. The van der Waals surface area contributed by atoms with Crippen LogP contribution in [0.2, 0.25) is 5.02 Å². The van der Waals surface area contributed by atoms with Crippen LogP contribution in [0.4, 0.5) is 5.69 Å². The molecule has 2 aromatic rings. The summed E-state index contributed by atoms with van der Waals surface area (Å²) in [5, 5.41) is 18.2. The van der Waals surface area contributed by atoms with Crippen molar-refractivity contribution in [2.75, 3.05) is 0 Å². The van der Waals surface area contributed by atoms with Crippen LogP contribution in [0.1, 0.15) is 11.8 Å². The summed E-state index contributed by atoms with van der Waals surface area (Å²) in [5.41, 5.74) is 1.37. The third-order valence-electron chi connectivity index (χ3n) is 2.21. The van der Waals surface area contributed by atoms with Crippen molar-refractivity contribution in [2.45, 2.75) is 6.23 Å². The Balaban J connectivity index is 2.09. The summed E-state index contributed by atoms with van der Waals surface area (Å²) in [6.07, 6.45) is -0.965. The summed E-state index contributed by atoms with van der Waals surface area (Å²) < 4.78 is 0. The summed E-state index contributed by atoms with van der Waals surface area (Å²) in [7, 11) is 0. The fourth-order valence-corrected chi connectivity index (χ4v) is 1.44. The van der Waals surface area contributed by atoms with Crippen LogP contribution in [0, 0.1) is 0 Å². The number of rotatable bonds is 3. The zero-order valence-electron chi connectivity index (χ0n) is 8.99. The van der Waals surface area contributed by atoms with Gasteiger partial charge < -0.3 is 5.11 Å². The average molecular weight is 247 g/mol. The Morgan fingerprint density at radius 3 is 2.24 bits per heavy atom. The molecule has 1 atom stereocenters. The van der Waals surface area contributed by atoms with E-state index in [0.717, 1.165) is 0 Å². The highest BCUT2D eigenvalue weighted by atomic mass is 35.5. The van der Waals surface area contributed by atoms with Gasteiger partial charge >= 0.3 is 0 Å². The number of nitrogens with zero attached hydrogens (tertiary/aromatic N) is 2. The molecule has 0 aliphatic rings. The van der Waals surface area contributed by atoms with Crippen LogP contribution in [-0.2, 0) is 0 Å². The molecular weight excluding hydrogens is 236 g/mol. The van der Waals surface area contributed by atoms with Gasteiger partial charge in [-0.15, -0.1) is 0 Å². The molecule has 0 aliphatic carbocycles. The summed E-state index contributed by atoms with van der Waals surface area (Å²) in [6, 6.07) is 16.1. The van der Waals surface area contributed by atoms with E-state index in [1.807, 2.05) is 30.3 Å². The topological polar surface area (TPSA) is 45.0 Å². The molecule has 0 aromatic heterocycles. The van der Waals surface area contributed by atoms with E-state index in [4.69, 9.17) is 11.6 Å². The van der Waals surface area contributed by atoms with Crippen LogP contribution in [0.3, 0.4) is 0 Å². The molecule has 0 radical (unpaired) electrons. The second-order valence-electron chi connectivity index (χ2n) is 3.48. The molecule has 0 fully saturated rings. The second kappa shape index (κ2) is 5.57. The van der Waals surface area contributed by atoms with Gasteiger partial charge in [-0.05, 0) is 24.3 Å². The fraction of sp³-hybridized carbons (Fsp3) is 0.0769. The van der Waals surface area contributed by atoms with Gasteiger partial charge in [0.05, 0.1) is 5.69 Å². The first kappa shape index (κ1) is 11.8. The Morgan fingerprint density at radius 2 is 1.59 bits per heavy atom. The molecule has 1 N–H and O–H groups in total. The van der Waals surface area contributed by atoms with Crippen molar-refractivity contribution >= 4 is 17.3 Å². The maximum Gasteiger partial charge on any atom is 0.192 e. The summed E-state index contributed by atoms with van der Waals surface area (Å²) in [6.45, 7) is 0. The molecule has 0 heterocycles. The van der Waals surface area contributed by atoms with Crippen molar-refractivity contribution in [1.29, 1.82) is 0 Å². The highest BCUT2D eigenvalue weighted by Crippen LogP contribution is 2.20. The van der Waals surface area contributed by atoms with Crippen LogP contribution in [0.15, 0.2) is 64.8 Å². The highest BCUT2D eigenvalue weighted by molar-refractivity contribution is 6.30. The summed E-state index contributed by atoms with van der Waals surface area (Å²) >= 11 is 5.75. The average Bonchev–Trinajstić information content (AvgIpc) is 2.38. The van der Waals surface area contributed by atoms with Crippen LogP contribution in [0.5, 0.6) is 0 Å². The minimum absolute atomic E-state index is 0.626. The van der Waals surface area contributed by atoms with Gasteiger partial charge in [0.25, 0.3) is 0 Å². The zero-order chi connectivity index (χ0) is 12.1. The lowest BCUT2D eigenvalue weighted by Gasteiger charge is -2.03. The van der Waals surface area contributed by atoms with Crippen molar-refractivity contribution < 1.29 is 5.11 Å². The quantitative estimate of drug-likeness (QED) is 0.814. The molecule has 2 rings (SSSR count). The van der Waals surface area contributed by atoms with E-state index >= 15 is 0 Å². The molecule has 0 amide bonds. The van der Waals surface area contributed by atoms with E-state index in [2.05, 4.69) is 10.2 Å². The predicted molar refractivity (Wildman–Crippen MR) is 67.4 cm³/mol.